The van der Waals surface area contributed by atoms with Crippen LogP contribution in [0.2, 0.25) is 0 Å². The molecule has 0 aliphatic carbocycles. The van der Waals surface area contributed by atoms with Crippen molar-refractivity contribution in [2.24, 2.45) is 0 Å². The number of nitrogens with one attached hydrogen (secondary N) is 2. The molecule has 1 aliphatic heterocycles. The third kappa shape index (κ3) is 7.79. The van der Waals surface area contributed by atoms with Crippen LogP contribution in [-0.2, 0) is 6.54 Å². The largest absolute Gasteiger partial charge is 0.491 e. The summed E-state index contributed by atoms with van der Waals surface area (Å²) in [6.07, 6.45) is 6.16. The fourth-order valence-electron chi connectivity index (χ4n) is 3.32. The van der Waals surface area contributed by atoms with E-state index in [0.29, 0.717) is 13.2 Å². The van der Waals surface area contributed by atoms with Gasteiger partial charge in [0.2, 0.25) is 0 Å². The number of aliphatic hydroxyl groups excluding tert-OH is 1. The summed E-state index contributed by atoms with van der Waals surface area (Å²) in [4.78, 5) is 6.45. The first kappa shape index (κ1) is 21.1. The van der Waals surface area contributed by atoms with Gasteiger partial charge in [-0.2, -0.15) is 5.10 Å². The SMILES string of the molecule is OC(COc1cccc(CNCCSc2ncn[nH]2)c1)CN1CCCCCC1. The molecule has 1 aromatic carbocycles. The highest BCUT2D eigenvalue weighted by Crippen LogP contribution is 2.15. The molecule has 2 heterocycles. The zero-order valence-corrected chi connectivity index (χ0v) is 17.2. The first-order chi connectivity index (χ1) is 13.8. The first-order valence-electron chi connectivity index (χ1n) is 10.1. The molecule has 1 atom stereocenters. The van der Waals surface area contributed by atoms with E-state index in [4.69, 9.17) is 4.74 Å². The number of ether oxygens (including phenoxy) is 1. The normalized spacial score (nSPS) is 16.6. The van der Waals surface area contributed by atoms with Crippen molar-refractivity contribution in [1.82, 2.24) is 25.4 Å². The van der Waals surface area contributed by atoms with Crippen molar-refractivity contribution in [2.45, 2.75) is 43.5 Å². The lowest BCUT2D eigenvalue weighted by Gasteiger charge is -2.23. The second-order valence-electron chi connectivity index (χ2n) is 7.14. The highest BCUT2D eigenvalue weighted by Gasteiger charge is 2.14. The number of aliphatic hydroxyl groups is 1. The monoisotopic (exact) mass is 405 g/mol. The Hall–Kier alpha value is -1.61. The molecule has 28 heavy (non-hydrogen) atoms. The van der Waals surface area contributed by atoms with Gasteiger partial charge in [-0.1, -0.05) is 36.7 Å². The molecule has 0 amide bonds. The quantitative estimate of drug-likeness (QED) is 0.391. The zero-order chi connectivity index (χ0) is 19.4. The van der Waals surface area contributed by atoms with Gasteiger partial charge < -0.3 is 20.1 Å². The third-order valence-corrected chi connectivity index (χ3v) is 5.63. The average molecular weight is 406 g/mol. The fourth-order valence-corrected chi connectivity index (χ4v) is 4.00. The molecular weight excluding hydrogens is 374 g/mol. The van der Waals surface area contributed by atoms with Crippen LogP contribution in [0.25, 0.3) is 0 Å². The van der Waals surface area contributed by atoms with Crippen LogP contribution < -0.4 is 10.1 Å². The van der Waals surface area contributed by atoms with Crippen LogP contribution in [0.5, 0.6) is 5.75 Å². The number of nitrogens with zero attached hydrogens (tertiary/aromatic N) is 3. The van der Waals surface area contributed by atoms with Crippen LogP contribution in [-0.4, -0.2) is 69.8 Å². The molecule has 0 bridgehead atoms. The molecule has 3 rings (SSSR count). The summed E-state index contributed by atoms with van der Waals surface area (Å²) in [5.74, 6) is 1.74. The van der Waals surface area contributed by atoms with Gasteiger partial charge in [-0.05, 0) is 43.6 Å². The van der Waals surface area contributed by atoms with Crippen molar-refractivity contribution in [3.8, 4) is 5.75 Å². The Kier molecular flexibility index (Phi) is 9.09. The van der Waals surface area contributed by atoms with E-state index < -0.39 is 6.10 Å². The molecule has 0 spiro atoms. The summed E-state index contributed by atoms with van der Waals surface area (Å²) >= 11 is 1.64. The molecule has 1 fully saturated rings. The molecule has 8 heteroatoms. The number of thioether (sulfide) groups is 1. The van der Waals surface area contributed by atoms with Crippen molar-refractivity contribution < 1.29 is 9.84 Å². The van der Waals surface area contributed by atoms with Gasteiger partial charge in [-0.15, -0.1) is 0 Å². The maximum absolute atomic E-state index is 10.3. The van der Waals surface area contributed by atoms with Crippen LogP contribution in [0.4, 0.5) is 0 Å². The van der Waals surface area contributed by atoms with Crippen LogP contribution in [0.15, 0.2) is 35.7 Å². The van der Waals surface area contributed by atoms with Gasteiger partial charge in [0.05, 0.1) is 0 Å². The fraction of sp³-hybridized carbons (Fsp3) is 0.600. The van der Waals surface area contributed by atoms with Gasteiger partial charge in [0.15, 0.2) is 5.16 Å². The van der Waals surface area contributed by atoms with Crippen molar-refractivity contribution in [3.63, 3.8) is 0 Å². The molecule has 2 aromatic rings. The summed E-state index contributed by atoms with van der Waals surface area (Å²) in [5, 5.41) is 21.2. The van der Waals surface area contributed by atoms with E-state index in [1.54, 1.807) is 11.8 Å². The van der Waals surface area contributed by atoms with E-state index >= 15 is 0 Å². The summed E-state index contributed by atoms with van der Waals surface area (Å²) in [5.41, 5.74) is 1.17. The van der Waals surface area contributed by atoms with Crippen molar-refractivity contribution in [3.05, 3.63) is 36.2 Å². The van der Waals surface area contributed by atoms with Gasteiger partial charge in [-0.25, -0.2) is 4.98 Å². The molecule has 154 valence electrons. The van der Waals surface area contributed by atoms with E-state index in [2.05, 4.69) is 31.5 Å². The zero-order valence-electron chi connectivity index (χ0n) is 16.3. The smallest absolute Gasteiger partial charge is 0.183 e. The molecule has 1 aliphatic rings. The Morgan fingerprint density at radius 3 is 2.89 bits per heavy atom. The number of likely N-dealkylation sites (tertiary alicyclic amines) is 1. The van der Waals surface area contributed by atoms with Crippen molar-refractivity contribution >= 4 is 11.8 Å². The Balaban J connectivity index is 1.33. The van der Waals surface area contributed by atoms with Crippen LogP contribution in [0.1, 0.15) is 31.2 Å². The van der Waals surface area contributed by atoms with E-state index in [0.717, 1.165) is 42.8 Å². The summed E-state index contributed by atoms with van der Waals surface area (Å²) in [7, 11) is 0. The van der Waals surface area contributed by atoms with Crippen molar-refractivity contribution in [2.75, 3.05) is 38.5 Å². The highest BCUT2D eigenvalue weighted by molar-refractivity contribution is 7.99. The van der Waals surface area contributed by atoms with Crippen LogP contribution >= 0.6 is 11.8 Å². The molecule has 1 saturated heterocycles. The van der Waals surface area contributed by atoms with Gasteiger partial charge in [-0.3, -0.25) is 5.10 Å². The molecule has 1 unspecified atom stereocenters. The Bertz CT molecular complexity index is 662. The van der Waals surface area contributed by atoms with E-state index in [1.807, 2.05) is 18.2 Å². The van der Waals surface area contributed by atoms with Gasteiger partial charge >= 0.3 is 0 Å². The van der Waals surface area contributed by atoms with Gasteiger partial charge in [0, 0.05) is 25.4 Å². The maximum Gasteiger partial charge on any atom is 0.183 e. The minimum Gasteiger partial charge on any atom is -0.491 e. The first-order valence-corrected chi connectivity index (χ1v) is 11.1. The molecule has 0 radical (unpaired) electrons. The van der Waals surface area contributed by atoms with E-state index in [9.17, 15) is 5.11 Å². The predicted molar refractivity (Wildman–Crippen MR) is 112 cm³/mol. The highest BCUT2D eigenvalue weighted by atomic mass is 32.2. The lowest BCUT2D eigenvalue weighted by atomic mass is 10.2. The molecule has 3 N–H and O–H groups in total. The molecular formula is C20H31N5O2S. The second-order valence-corrected chi connectivity index (χ2v) is 8.23. The summed E-state index contributed by atoms with van der Waals surface area (Å²) < 4.78 is 5.83. The number of aromatic amines is 1. The molecule has 1 aromatic heterocycles. The standard InChI is InChI=1S/C20H31N5O2S/c26-18(14-25-9-3-1-2-4-10-25)15-27-19-7-5-6-17(12-19)13-21-8-11-28-20-22-16-23-24-20/h5-7,12,16,18,21,26H,1-4,8-11,13-15H2,(H,22,23,24). The Morgan fingerprint density at radius 1 is 1.25 bits per heavy atom. The Morgan fingerprint density at radius 2 is 2.11 bits per heavy atom. The number of hydrogen-bond donors (Lipinski definition) is 3. The average Bonchev–Trinajstić information content (AvgIpc) is 3.10. The minimum absolute atomic E-state index is 0.335. The molecule has 0 saturated carbocycles. The lowest BCUT2D eigenvalue weighted by Crippen LogP contribution is -2.36. The number of aromatic nitrogens is 3. The van der Waals surface area contributed by atoms with Crippen LogP contribution in [0, 0.1) is 0 Å². The number of H-pyrrole nitrogens is 1. The number of rotatable bonds is 11. The summed E-state index contributed by atoms with van der Waals surface area (Å²) in [6, 6.07) is 8.06. The number of β-amino-alcohol motifs (C(OH)–C–C–N with tert-alkyl or cyclic N) is 1. The minimum atomic E-state index is -0.451. The van der Waals surface area contributed by atoms with E-state index in [1.165, 1.54) is 37.6 Å². The molecule has 7 nitrogen and oxygen atoms in total. The maximum atomic E-state index is 10.3. The lowest BCUT2D eigenvalue weighted by molar-refractivity contribution is 0.0693. The van der Waals surface area contributed by atoms with E-state index in [-0.39, 0.29) is 0 Å². The van der Waals surface area contributed by atoms with Crippen molar-refractivity contribution in [1.29, 1.82) is 0 Å². The number of benzene rings is 1. The third-order valence-electron chi connectivity index (χ3n) is 4.75. The predicted octanol–water partition coefficient (Wildman–Crippen LogP) is 2.30. The second kappa shape index (κ2) is 12.1. The summed E-state index contributed by atoms with van der Waals surface area (Å²) in [6.45, 7) is 4.88. The Labute approximate surface area is 171 Å². The topological polar surface area (TPSA) is 86.3 Å². The van der Waals surface area contributed by atoms with Crippen LogP contribution in [0.3, 0.4) is 0 Å². The van der Waals surface area contributed by atoms with Gasteiger partial charge in [0.25, 0.3) is 0 Å². The number of hydrogen-bond acceptors (Lipinski definition) is 7. The van der Waals surface area contributed by atoms with Gasteiger partial charge in [0.1, 0.15) is 24.8 Å².